The lowest BCUT2D eigenvalue weighted by Gasteiger charge is -2.11. The summed E-state index contributed by atoms with van der Waals surface area (Å²) >= 11 is 17.4. The summed E-state index contributed by atoms with van der Waals surface area (Å²) in [5.74, 6) is 0.240. The van der Waals surface area contributed by atoms with Crippen LogP contribution < -0.4 is 10.6 Å². The van der Waals surface area contributed by atoms with Crippen molar-refractivity contribution in [1.29, 1.82) is 0 Å². The van der Waals surface area contributed by atoms with E-state index in [1.807, 2.05) is 54.6 Å². The van der Waals surface area contributed by atoms with Gasteiger partial charge in [-0.15, -0.1) is 23.2 Å². The Hall–Kier alpha value is -1.29. The van der Waals surface area contributed by atoms with Crippen molar-refractivity contribution in [1.82, 2.24) is 0 Å². The van der Waals surface area contributed by atoms with Crippen molar-refractivity contribution in [3.05, 3.63) is 60.2 Å². The summed E-state index contributed by atoms with van der Waals surface area (Å²) in [5.41, 5.74) is 3.05. The van der Waals surface area contributed by atoms with E-state index in [1.165, 1.54) is 0 Å². The van der Waals surface area contributed by atoms with E-state index in [1.54, 1.807) is 0 Å². The third-order valence-corrected chi connectivity index (χ3v) is 4.47. The van der Waals surface area contributed by atoms with E-state index in [9.17, 15) is 0 Å². The van der Waals surface area contributed by atoms with Crippen LogP contribution in [0.2, 0.25) is 0 Å². The van der Waals surface area contributed by atoms with Gasteiger partial charge in [0.25, 0.3) is 0 Å². The minimum absolute atomic E-state index is 0.240. The molecule has 0 radical (unpaired) electrons. The first-order valence-electron chi connectivity index (χ1n) is 6.65. The first-order valence-corrected chi connectivity index (χ1v) is 7.82. The first-order chi connectivity index (χ1) is 10.0. The van der Waals surface area contributed by atoms with Crippen LogP contribution in [0.5, 0.6) is 0 Å². The van der Waals surface area contributed by atoms with Gasteiger partial charge in [0, 0.05) is 17.3 Å². The lowest BCUT2D eigenvalue weighted by molar-refractivity contribution is 1.11. The summed E-state index contributed by atoms with van der Waals surface area (Å²) < 4.78 is -0.584. The zero-order valence-electron chi connectivity index (χ0n) is 11.1. The second kappa shape index (κ2) is 5.84. The molecule has 1 atom stereocenters. The molecule has 1 fully saturated rings. The van der Waals surface area contributed by atoms with Crippen molar-refractivity contribution in [2.24, 2.45) is 0 Å². The monoisotopic (exact) mass is 336 g/mol. The van der Waals surface area contributed by atoms with Gasteiger partial charge in [0.1, 0.15) is 4.33 Å². The van der Waals surface area contributed by atoms with E-state index < -0.39 is 4.33 Å². The van der Waals surface area contributed by atoms with Crippen LogP contribution >= 0.6 is 35.4 Å². The van der Waals surface area contributed by atoms with E-state index in [-0.39, 0.29) is 5.92 Å². The Morgan fingerprint density at radius 2 is 1.48 bits per heavy atom. The summed E-state index contributed by atoms with van der Waals surface area (Å²) in [4.78, 5) is 0. The van der Waals surface area contributed by atoms with Crippen molar-refractivity contribution in [3.63, 3.8) is 0 Å². The summed E-state index contributed by atoms with van der Waals surface area (Å²) in [6.07, 6.45) is 0.816. The molecule has 2 aromatic rings. The molecule has 0 aromatic heterocycles. The number of thiocarbonyl (C=S) groups is 1. The number of hydrogen-bond acceptors (Lipinski definition) is 1. The average molecular weight is 337 g/mol. The van der Waals surface area contributed by atoms with Crippen molar-refractivity contribution < 1.29 is 0 Å². The van der Waals surface area contributed by atoms with Gasteiger partial charge < -0.3 is 10.6 Å². The molecule has 1 unspecified atom stereocenters. The smallest absolute Gasteiger partial charge is 0.175 e. The molecule has 2 nitrogen and oxygen atoms in total. The van der Waals surface area contributed by atoms with Crippen LogP contribution in [0.15, 0.2) is 54.6 Å². The molecular formula is C16H14Cl2N2S. The number of nitrogens with one attached hydrogen (secondary N) is 2. The van der Waals surface area contributed by atoms with Gasteiger partial charge in [-0.05, 0) is 48.5 Å². The van der Waals surface area contributed by atoms with Crippen LogP contribution in [0.4, 0.5) is 11.4 Å². The van der Waals surface area contributed by atoms with Crippen LogP contribution in [-0.4, -0.2) is 9.45 Å². The maximum absolute atomic E-state index is 6.08. The van der Waals surface area contributed by atoms with Crippen LogP contribution in [-0.2, 0) is 0 Å². The zero-order valence-corrected chi connectivity index (χ0v) is 13.5. The molecule has 0 amide bonds. The number of alkyl halides is 2. The Labute approximate surface area is 139 Å². The number of anilines is 2. The number of benzene rings is 2. The van der Waals surface area contributed by atoms with Crippen LogP contribution in [0.25, 0.3) is 0 Å². The highest BCUT2D eigenvalue weighted by atomic mass is 35.5. The van der Waals surface area contributed by atoms with Crippen LogP contribution in [0.3, 0.4) is 0 Å². The number of hydrogen-bond donors (Lipinski definition) is 2. The molecule has 1 aliphatic carbocycles. The molecule has 2 aromatic carbocycles. The fourth-order valence-corrected chi connectivity index (χ4v) is 2.98. The zero-order chi connectivity index (χ0) is 14.9. The van der Waals surface area contributed by atoms with Crippen molar-refractivity contribution in [3.8, 4) is 0 Å². The SMILES string of the molecule is S=C(Nc1ccccc1)Nc1ccc(C2CC2(Cl)Cl)cc1. The third-order valence-electron chi connectivity index (χ3n) is 3.43. The molecule has 0 saturated heterocycles. The van der Waals surface area contributed by atoms with Gasteiger partial charge >= 0.3 is 0 Å². The highest BCUT2D eigenvalue weighted by Crippen LogP contribution is 2.59. The van der Waals surface area contributed by atoms with Crippen LogP contribution in [0.1, 0.15) is 17.9 Å². The van der Waals surface area contributed by atoms with E-state index in [2.05, 4.69) is 10.6 Å². The molecule has 5 heteroatoms. The minimum atomic E-state index is -0.584. The third kappa shape index (κ3) is 3.67. The second-order valence-electron chi connectivity index (χ2n) is 5.08. The topological polar surface area (TPSA) is 24.1 Å². The highest BCUT2D eigenvalue weighted by Gasteiger charge is 2.52. The van der Waals surface area contributed by atoms with Gasteiger partial charge in [-0.2, -0.15) is 0 Å². The molecule has 0 spiro atoms. The van der Waals surface area contributed by atoms with Crippen molar-refractivity contribution in [2.45, 2.75) is 16.7 Å². The van der Waals surface area contributed by atoms with E-state index in [0.717, 1.165) is 23.4 Å². The molecule has 0 aliphatic heterocycles. The maximum atomic E-state index is 6.08. The molecule has 2 N–H and O–H groups in total. The average Bonchev–Trinajstić information content (AvgIpc) is 3.09. The molecule has 1 saturated carbocycles. The molecule has 1 aliphatic rings. The van der Waals surface area contributed by atoms with Crippen molar-refractivity contribution >= 4 is 51.9 Å². The predicted octanol–water partition coefficient (Wildman–Crippen LogP) is 5.16. The van der Waals surface area contributed by atoms with Crippen LogP contribution in [0, 0.1) is 0 Å². The summed E-state index contributed by atoms with van der Waals surface area (Å²) in [6.45, 7) is 0. The van der Waals surface area contributed by atoms with Gasteiger partial charge in [-0.1, -0.05) is 30.3 Å². The molecular weight excluding hydrogens is 323 g/mol. The Morgan fingerprint density at radius 3 is 2.00 bits per heavy atom. The molecule has 21 heavy (non-hydrogen) atoms. The summed E-state index contributed by atoms with van der Waals surface area (Å²) in [5, 5.41) is 6.84. The van der Waals surface area contributed by atoms with Gasteiger partial charge in [-0.3, -0.25) is 0 Å². The van der Waals surface area contributed by atoms with Gasteiger partial charge in [0.15, 0.2) is 5.11 Å². The fourth-order valence-electron chi connectivity index (χ4n) is 2.19. The largest absolute Gasteiger partial charge is 0.332 e. The number of halogens is 2. The molecule has 3 rings (SSSR count). The highest BCUT2D eigenvalue weighted by molar-refractivity contribution is 7.80. The van der Waals surface area contributed by atoms with Gasteiger partial charge in [0.2, 0.25) is 0 Å². The Morgan fingerprint density at radius 1 is 0.952 bits per heavy atom. The summed E-state index contributed by atoms with van der Waals surface area (Å²) in [7, 11) is 0. The Bertz CT molecular complexity index is 641. The van der Waals surface area contributed by atoms with Gasteiger partial charge in [-0.25, -0.2) is 0 Å². The quantitative estimate of drug-likeness (QED) is 0.598. The molecule has 108 valence electrons. The number of rotatable bonds is 3. The summed E-state index contributed by atoms with van der Waals surface area (Å²) in [6, 6.07) is 17.8. The Balaban J connectivity index is 1.59. The van der Waals surface area contributed by atoms with Gasteiger partial charge in [0.05, 0.1) is 0 Å². The Kier molecular flexibility index (Phi) is 4.07. The fraction of sp³-hybridized carbons (Fsp3) is 0.188. The molecule has 0 heterocycles. The molecule has 0 bridgehead atoms. The normalized spacial score (nSPS) is 18.9. The lowest BCUT2D eigenvalue weighted by Crippen LogP contribution is -2.18. The second-order valence-corrected chi connectivity index (χ2v) is 7.04. The number of para-hydroxylation sites is 1. The first kappa shape index (κ1) is 14.6. The van der Waals surface area contributed by atoms with E-state index >= 15 is 0 Å². The van der Waals surface area contributed by atoms with Crippen molar-refractivity contribution in [2.75, 3.05) is 10.6 Å². The maximum Gasteiger partial charge on any atom is 0.175 e. The minimum Gasteiger partial charge on any atom is -0.332 e. The van der Waals surface area contributed by atoms with E-state index in [0.29, 0.717) is 5.11 Å². The predicted molar refractivity (Wildman–Crippen MR) is 94.5 cm³/mol. The lowest BCUT2D eigenvalue weighted by atomic mass is 10.1. The standard InChI is InChI=1S/C16H14Cl2N2S/c17-16(18)10-14(16)11-6-8-13(9-7-11)20-15(21)19-12-4-2-1-3-5-12/h1-9,14H,10H2,(H2,19,20,21). The van der Waals surface area contributed by atoms with E-state index in [4.69, 9.17) is 35.4 Å².